The van der Waals surface area contributed by atoms with Crippen molar-refractivity contribution in [2.75, 3.05) is 6.61 Å². The predicted molar refractivity (Wildman–Crippen MR) is 75.5 cm³/mol. The second kappa shape index (κ2) is 5.48. The van der Waals surface area contributed by atoms with Crippen LogP contribution in [0, 0.1) is 20.8 Å². The highest BCUT2D eigenvalue weighted by atomic mass is 32.1. The number of aryl methyl sites for hydroxylation is 3. The van der Waals surface area contributed by atoms with Crippen LogP contribution in [0.25, 0.3) is 10.6 Å². The molecule has 0 aliphatic rings. The Morgan fingerprint density at radius 1 is 1.21 bits per heavy atom. The maximum absolute atomic E-state index is 11.8. The van der Waals surface area contributed by atoms with Crippen LogP contribution < -0.4 is 0 Å². The Morgan fingerprint density at radius 2 is 1.84 bits per heavy atom. The molecule has 5 heteroatoms. The molecule has 0 saturated carbocycles. The van der Waals surface area contributed by atoms with Gasteiger partial charge in [-0.1, -0.05) is 0 Å². The summed E-state index contributed by atoms with van der Waals surface area (Å²) in [6, 6.07) is 3.94. The fourth-order valence-corrected chi connectivity index (χ4v) is 2.76. The molecule has 0 spiro atoms. The molecule has 100 valence electrons. The number of nitrogens with zero attached hydrogens (tertiary/aromatic N) is 2. The molecule has 0 aliphatic heterocycles. The van der Waals surface area contributed by atoms with Gasteiger partial charge in [0.1, 0.15) is 5.01 Å². The molecule has 0 atom stereocenters. The normalized spacial score (nSPS) is 10.5. The van der Waals surface area contributed by atoms with Gasteiger partial charge < -0.3 is 4.74 Å². The van der Waals surface area contributed by atoms with Crippen LogP contribution in [0.3, 0.4) is 0 Å². The molecule has 0 aromatic carbocycles. The van der Waals surface area contributed by atoms with E-state index in [2.05, 4.69) is 9.97 Å². The molecule has 0 radical (unpaired) electrons. The highest BCUT2D eigenvalue weighted by Gasteiger charge is 2.17. The summed E-state index contributed by atoms with van der Waals surface area (Å²) in [5.41, 5.74) is 3.30. The SMILES string of the molecule is CCOC(=O)c1nc(-c2cc(C)nc(C)c2)sc1C. The summed E-state index contributed by atoms with van der Waals surface area (Å²) in [7, 11) is 0. The van der Waals surface area contributed by atoms with Crippen molar-refractivity contribution >= 4 is 17.3 Å². The predicted octanol–water partition coefficient (Wildman–Crippen LogP) is 3.31. The number of pyridine rings is 1. The van der Waals surface area contributed by atoms with E-state index in [1.807, 2.05) is 32.9 Å². The highest BCUT2D eigenvalue weighted by molar-refractivity contribution is 7.15. The van der Waals surface area contributed by atoms with E-state index < -0.39 is 0 Å². The minimum Gasteiger partial charge on any atom is -0.461 e. The van der Waals surface area contributed by atoms with Crippen LogP contribution in [0.1, 0.15) is 33.7 Å². The van der Waals surface area contributed by atoms with E-state index in [-0.39, 0.29) is 5.97 Å². The van der Waals surface area contributed by atoms with Crippen molar-refractivity contribution in [2.45, 2.75) is 27.7 Å². The number of carbonyl (C=O) groups is 1. The van der Waals surface area contributed by atoms with Gasteiger partial charge in [-0.15, -0.1) is 11.3 Å². The lowest BCUT2D eigenvalue weighted by atomic mass is 10.2. The van der Waals surface area contributed by atoms with Crippen molar-refractivity contribution in [2.24, 2.45) is 0 Å². The van der Waals surface area contributed by atoms with Gasteiger partial charge in [-0.3, -0.25) is 4.98 Å². The van der Waals surface area contributed by atoms with E-state index in [0.29, 0.717) is 12.3 Å². The zero-order valence-corrected chi connectivity index (χ0v) is 12.3. The molecule has 4 nitrogen and oxygen atoms in total. The van der Waals surface area contributed by atoms with Crippen LogP contribution in [0.5, 0.6) is 0 Å². The molecule has 2 aromatic rings. The fraction of sp³-hybridized carbons (Fsp3) is 0.357. The summed E-state index contributed by atoms with van der Waals surface area (Å²) < 4.78 is 5.00. The monoisotopic (exact) mass is 276 g/mol. The number of rotatable bonds is 3. The molecule has 0 saturated heterocycles. The van der Waals surface area contributed by atoms with Gasteiger partial charge in [-0.2, -0.15) is 0 Å². The largest absolute Gasteiger partial charge is 0.461 e. The quantitative estimate of drug-likeness (QED) is 0.807. The van der Waals surface area contributed by atoms with E-state index in [4.69, 9.17) is 4.74 Å². The van der Waals surface area contributed by atoms with E-state index in [9.17, 15) is 4.79 Å². The molecular weight excluding hydrogens is 260 g/mol. The van der Waals surface area contributed by atoms with Gasteiger partial charge in [0.05, 0.1) is 6.61 Å². The van der Waals surface area contributed by atoms with Gasteiger partial charge in [0.25, 0.3) is 0 Å². The van der Waals surface area contributed by atoms with E-state index in [0.717, 1.165) is 26.8 Å². The van der Waals surface area contributed by atoms with Gasteiger partial charge in [0, 0.05) is 21.8 Å². The first kappa shape index (κ1) is 13.7. The summed E-state index contributed by atoms with van der Waals surface area (Å²) in [4.78, 5) is 21.4. The van der Waals surface area contributed by atoms with Crippen LogP contribution in [-0.4, -0.2) is 22.5 Å². The Hall–Kier alpha value is -1.75. The molecule has 0 fully saturated rings. The number of hydrogen-bond donors (Lipinski definition) is 0. The molecule has 0 amide bonds. The molecule has 0 unspecified atom stereocenters. The molecular formula is C14H16N2O2S. The lowest BCUT2D eigenvalue weighted by molar-refractivity contribution is 0.0519. The third kappa shape index (κ3) is 2.98. The average Bonchev–Trinajstić information content (AvgIpc) is 2.70. The maximum atomic E-state index is 11.8. The molecule has 2 aromatic heterocycles. The highest BCUT2D eigenvalue weighted by Crippen LogP contribution is 2.28. The molecule has 2 rings (SSSR count). The summed E-state index contributed by atoms with van der Waals surface area (Å²) in [5, 5.41) is 0.828. The number of aromatic nitrogens is 2. The lowest BCUT2D eigenvalue weighted by Crippen LogP contribution is -2.06. The van der Waals surface area contributed by atoms with Crippen molar-refractivity contribution in [3.8, 4) is 10.6 Å². The van der Waals surface area contributed by atoms with Crippen molar-refractivity contribution in [1.29, 1.82) is 0 Å². The van der Waals surface area contributed by atoms with Crippen molar-refractivity contribution in [3.05, 3.63) is 34.1 Å². The topological polar surface area (TPSA) is 52.1 Å². The Kier molecular flexibility index (Phi) is 3.95. The van der Waals surface area contributed by atoms with Crippen molar-refractivity contribution in [1.82, 2.24) is 9.97 Å². The number of carbonyl (C=O) groups excluding carboxylic acids is 1. The molecule has 0 N–H and O–H groups in total. The zero-order chi connectivity index (χ0) is 14.0. The minimum absolute atomic E-state index is 0.356. The fourth-order valence-electron chi connectivity index (χ4n) is 1.87. The standard InChI is InChI=1S/C14H16N2O2S/c1-5-18-14(17)12-10(4)19-13(16-12)11-6-8(2)15-9(3)7-11/h6-7H,5H2,1-4H3. The molecule has 0 aliphatic carbocycles. The van der Waals surface area contributed by atoms with Crippen LogP contribution in [0.4, 0.5) is 0 Å². The van der Waals surface area contributed by atoms with Crippen LogP contribution in [0.2, 0.25) is 0 Å². The summed E-state index contributed by atoms with van der Waals surface area (Å²) in [5.74, 6) is -0.356. The van der Waals surface area contributed by atoms with Gasteiger partial charge in [0.15, 0.2) is 5.69 Å². The Morgan fingerprint density at radius 3 is 2.42 bits per heavy atom. The summed E-state index contributed by atoms with van der Waals surface area (Å²) in [6.45, 7) is 7.93. The molecule has 19 heavy (non-hydrogen) atoms. The van der Waals surface area contributed by atoms with E-state index in [1.54, 1.807) is 6.92 Å². The second-order valence-electron chi connectivity index (χ2n) is 4.28. The Bertz CT molecular complexity index is 600. The first-order chi connectivity index (χ1) is 9.01. The van der Waals surface area contributed by atoms with Gasteiger partial charge >= 0.3 is 5.97 Å². The number of hydrogen-bond acceptors (Lipinski definition) is 5. The van der Waals surface area contributed by atoms with E-state index >= 15 is 0 Å². The lowest BCUT2D eigenvalue weighted by Gasteiger charge is -2.00. The van der Waals surface area contributed by atoms with Gasteiger partial charge in [0.2, 0.25) is 0 Å². The first-order valence-corrected chi connectivity index (χ1v) is 6.93. The number of thiazole rings is 1. The number of ether oxygens (including phenoxy) is 1. The number of esters is 1. The Labute approximate surface area is 116 Å². The van der Waals surface area contributed by atoms with Crippen molar-refractivity contribution in [3.63, 3.8) is 0 Å². The van der Waals surface area contributed by atoms with Gasteiger partial charge in [-0.05, 0) is 39.8 Å². The minimum atomic E-state index is -0.356. The van der Waals surface area contributed by atoms with Gasteiger partial charge in [-0.25, -0.2) is 9.78 Å². The van der Waals surface area contributed by atoms with Crippen LogP contribution in [-0.2, 0) is 4.74 Å². The molecule has 0 bridgehead atoms. The molecule has 2 heterocycles. The Balaban J connectivity index is 2.41. The van der Waals surface area contributed by atoms with Crippen LogP contribution in [0.15, 0.2) is 12.1 Å². The first-order valence-electron chi connectivity index (χ1n) is 6.11. The zero-order valence-electron chi connectivity index (χ0n) is 11.5. The third-order valence-electron chi connectivity index (χ3n) is 2.59. The smallest absolute Gasteiger partial charge is 0.358 e. The maximum Gasteiger partial charge on any atom is 0.358 e. The second-order valence-corrected chi connectivity index (χ2v) is 5.49. The third-order valence-corrected chi connectivity index (χ3v) is 3.61. The van der Waals surface area contributed by atoms with Crippen molar-refractivity contribution < 1.29 is 9.53 Å². The average molecular weight is 276 g/mol. The summed E-state index contributed by atoms with van der Waals surface area (Å²) in [6.07, 6.45) is 0. The van der Waals surface area contributed by atoms with Crippen LogP contribution >= 0.6 is 11.3 Å². The summed E-state index contributed by atoms with van der Waals surface area (Å²) >= 11 is 1.50. The van der Waals surface area contributed by atoms with E-state index in [1.165, 1.54) is 11.3 Å².